The van der Waals surface area contributed by atoms with Crippen molar-refractivity contribution < 1.29 is 13.2 Å². The Morgan fingerprint density at radius 3 is 2.84 bits per heavy atom. The highest BCUT2D eigenvalue weighted by atomic mass is 35.5. The Hall–Kier alpha value is -2.10. The van der Waals surface area contributed by atoms with Crippen LogP contribution in [-0.4, -0.2) is 37.2 Å². The Morgan fingerprint density at radius 1 is 1.40 bits per heavy atom. The molecule has 1 amide bonds. The fraction of sp³-hybridized carbons (Fsp3) is 0.333. The van der Waals surface area contributed by atoms with Crippen molar-refractivity contribution in [2.75, 3.05) is 23.7 Å². The molecular weight excluding hydrogens is 366 g/mol. The van der Waals surface area contributed by atoms with Gasteiger partial charge in [-0.1, -0.05) is 6.07 Å². The average Bonchev–Trinajstić information content (AvgIpc) is 3.00. The first kappa shape index (κ1) is 19.2. The molecule has 3 N–H and O–H groups in total. The summed E-state index contributed by atoms with van der Waals surface area (Å²) in [6, 6.07) is 5.43. The van der Waals surface area contributed by atoms with E-state index in [-0.39, 0.29) is 29.8 Å². The zero-order chi connectivity index (χ0) is 17.3. The number of nitrogen functional groups attached to an aromatic ring is 1. The topological polar surface area (TPSA) is 110 Å². The molecule has 1 aliphatic rings. The van der Waals surface area contributed by atoms with Crippen LogP contribution in [-0.2, 0) is 28.3 Å². The Morgan fingerprint density at radius 2 is 2.16 bits per heavy atom. The van der Waals surface area contributed by atoms with Crippen LogP contribution in [0.2, 0.25) is 0 Å². The number of anilines is 2. The third-order valence-corrected chi connectivity index (χ3v) is 5.35. The van der Waals surface area contributed by atoms with Crippen molar-refractivity contribution in [1.82, 2.24) is 14.5 Å². The average molecular weight is 386 g/mol. The van der Waals surface area contributed by atoms with Gasteiger partial charge in [0.2, 0.25) is 15.9 Å². The van der Waals surface area contributed by atoms with Gasteiger partial charge in [-0.2, -0.15) is 5.10 Å². The van der Waals surface area contributed by atoms with Crippen molar-refractivity contribution in [2.24, 2.45) is 7.05 Å². The van der Waals surface area contributed by atoms with Crippen LogP contribution in [0.4, 0.5) is 11.4 Å². The van der Waals surface area contributed by atoms with E-state index in [0.717, 1.165) is 24.1 Å². The summed E-state index contributed by atoms with van der Waals surface area (Å²) in [7, 11) is -2.14. The minimum Gasteiger partial charge on any atom is -0.398 e. The Labute approximate surface area is 152 Å². The maximum absolute atomic E-state index is 12.5. The summed E-state index contributed by atoms with van der Waals surface area (Å²) in [5, 5.41) is 3.83. The second-order valence-electron chi connectivity index (χ2n) is 5.67. The van der Waals surface area contributed by atoms with Gasteiger partial charge in [0.1, 0.15) is 4.90 Å². The lowest BCUT2D eigenvalue weighted by Crippen LogP contribution is -2.42. The lowest BCUT2D eigenvalue weighted by Gasteiger charge is -2.30. The minimum absolute atomic E-state index is 0. The van der Waals surface area contributed by atoms with E-state index in [1.807, 2.05) is 6.07 Å². The number of hydrogen-bond donors (Lipinski definition) is 2. The zero-order valence-electron chi connectivity index (χ0n) is 13.7. The molecule has 1 aromatic heterocycles. The fourth-order valence-electron chi connectivity index (χ4n) is 2.78. The molecule has 0 atom stereocenters. The molecule has 0 saturated carbocycles. The van der Waals surface area contributed by atoms with Crippen molar-refractivity contribution in [3.8, 4) is 0 Å². The molecule has 0 unspecified atom stereocenters. The first-order chi connectivity index (χ1) is 11.4. The molecule has 1 aliphatic heterocycles. The van der Waals surface area contributed by atoms with E-state index in [4.69, 9.17) is 5.73 Å². The van der Waals surface area contributed by atoms with Crippen LogP contribution in [0.1, 0.15) is 12.0 Å². The van der Waals surface area contributed by atoms with Gasteiger partial charge in [0.25, 0.3) is 0 Å². The Kier molecular flexibility index (Phi) is 5.71. The molecule has 8 nitrogen and oxygen atoms in total. The third-order valence-electron chi connectivity index (χ3n) is 3.99. The zero-order valence-corrected chi connectivity index (χ0v) is 15.3. The number of amides is 1. The molecule has 136 valence electrons. The third kappa shape index (κ3) is 3.94. The van der Waals surface area contributed by atoms with Crippen LogP contribution < -0.4 is 15.4 Å². The molecular formula is C15H20ClN5O3S. The second kappa shape index (κ2) is 7.42. The lowest BCUT2D eigenvalue weighted by molar-refractivity contribution is -0.117. The molecule has 0 spiro atoms. The first-order valence-corrected chi connectivity index (χ1v) is 9.03. The standard InChI is InChI=1S/C15H19N5O3S.ClH/c1-19-10-11(8-17-19)24(22,23)18-9-15(21)20-7-3-4-12-13(16)5-2-6-14(12)20;/h2,5-6,8,10,18H,3-4,7,9,16H2,1H3;1H. The molecule has 10 heteroatoms. The van der Waals surface area contributed by atoms with E-state index >= 15 is 0 Å². The number of hydrogen-bond acceptors (Lipinski definition) is 5. The summed E-state index contributed by atoms with van der Waals surface area (Å²) < 4.78 is 28.1. The number of benzene rings is 1. The molecule has 2 heterocycles. The number of carbonyl (C=O) groups is 1. The van der Waals surface area contributed by atoms with Crippen LogP contribution in [0.25, 0.3) is 0 Å². The Balaban J connectivity index is 0.00000225. The predicted molar refractivity (Wildman–Crippen MR) is 97.2 cm³/mol. The number of aryl methyl sites for hydroxylation is 1. The molecule has 3 rings (SSSR count). The maximum atomic E-state index is 12.5. The van der Waals surface area contributed by atoms with E-state index in [0.29, 0.717) is 12.2 Å². The van der Waals surface area contributed by atoms with Gasteiger partial charge in [-0.15, -0.1) is 12.4 Å². The largest absolute Gasteiger partial charge is 0.398 e. The van der Waals surface area contributed by atoms with Crippen molar-refractivity contribution in [1.29, 1.82) is 0 Å². The van der Waals surface area contributed by atoms with Gasteiger partial charge >= 0.3 is 0 Å². The molecule has 0 fully saturated rings. The summed E-state index contributed by atoms with van der Waals surface area (Å²) in [6.07, 6.45) is 4.23. The smallest absolute Gasteiger partial charge is 0.244 e. The SMILES string of the molecule is Cl.Cn1cc(S(=O)(=O)NCC(=O)N2CCCc3c(N)cccc32)cn1. The summed E-state index contributed by atoms with van der Waals surface area (Å²) in [4.78, 5) is 14.1. The van der Waals surface area contributed by atoms with Crippen molar-refractivity contribution >= 4 is 39.7 Å². The number of rotatable bonds is 4. The number of sulfonamides is 1. The van der Waals surface area contributed by atoms with Gasteiger partial charge in [-0.3, -0.25) is 9.48 Å². The maximum Gasteiger partial charge on any atom is 0.244 e. The quantitative estimate of drug-likeness (QED) is 0.752. The van der Waals surface area contributed by atoms with Crippen LogP contribution >= 0.6 is 12.4 Å². The number of fused-ring (bicyclic) bond motifs is 1. The van der Waals surface area contributed by atoms with E-state index < -0.39 is 10.0 Å². The van der Waals surface area contributed by atoms with E-state index in [1.54, 1.807) is 24.1 Å². The predicted octanol–water partition coefficient (Wildman–Crippen LogP) is 0.682. The first-order valence-electron chi connectivity index (χ1n) is 7.54. The van der Waals surface area contributed by atoms with Gasteiger partial charge < -0.3 is 10.6 Å². The van der Waals surface area contributed by atoms with Crippen molar-refractivity contribution in [3.63, 3.8) is 0 Å². The molecule has 2 aromatic rings. The number of nitrogens with zero attached hydrogens (tertiary/aromatic N) is 3. The number of halogens is 1. The summed E-state index contributed by atoms with van der Waals surface area (Å²) in [6.45, 7) is 0.232. The van der Waals surface area contributed by atoms with Gasteiger partial charge in [0, 0.05) is 31.2 Å². The highest BCUT2D eigenvalue weighted by Gasteiger charge is 2.25. The molecule has 0 bridgehead atoms. The summed E-state index contributed by atoms with van der Waals surface area (Å²) >= 11 is 0. The van der Waals surface area contributed by atoms with E-state index in [2.05, 4.69) is 9.82 Å². The van der Waals surface area contributed by atoms with E-state index in [1.165, 1.54) is 17.1 Å². The van der Waals surface area contributed by atoms with Crippen molar-refractivity contribution in [2.45, 2.75) is 17.7 Å². The van der Waals surface area contributed by atoms with Crippen LogP contribution in [0.3, 0.4) is 0 Å². The molecule has 0 saturated heterocycles. The van der Waals surface area contributed by atoms with Gasteiger partial charge in [-0.25, -0.2) is 13.1 Å². The van der Waals surface area contributed by atoms with Gasteiger partial charge in [-0.05, 0) is 30.5 Å². The van der Waals surface area contributed by atoms with Gasteiger partial charge in [0.15, 0.2) is 0 Å². The normalized spacial score (nSPS) is 13.9. The molecule has 0 aliphatic carbocycles. The fourth-order valence-corrected chi connectivity index (χ4v) is 3.74. The second-order valence-corrected chi connectivity index (χ2v) is 7.44. The van der Waals surface area contributed by atoms with Crippen LogP contribution in [0.5, 0.6) is 0 Å². The molecule has 1 aromatic carbocycles. The van der Waals surface area contributed by atoms with E-state index in [9.17, 15) is 13.2 Å². The number of nitrogens with two attached hydrogens (primary N) is 1. The highest BCUT2D eigenvalue weighted by molar-refractivity contribution is 7.89. The number of nitrogens with one attached hydrogen (secondary N) is 1. The monoisotopic (exact) mass is 385 g/mol. The molecule has 0 radical (unpaired) electrons. The van der Waals surface area contributed by atoms with Crippen LogP contribution in [0.15, 0.2) is 35.5 Å². The number of aromatic nitrogens is 2. The summed E-state index contributed by atoms with van der Waals surface area (Å²) in [5.74, 6) is -0.311. The lowest BCUT2D eigenvalue weighted by atomic mass is 10.00. The highest BCUT2D eigenvalue weighted by Crippen LogP contribution is 2.31. The minimum atomic E-state index is -3.76. The van der Waals surface area contributed by atoms with Crippen molar-refractivity contribution in [3.05, 3.63) is 36.2 Å². The number of carbonyl (C=O) groups excluding carboxylic acids is 1. The van der Waals surface area contributed by atoms with Gasteiger partial charge in [0.05, 0.1) is 12.7 Å². The summed E-state index contributed by atoms with van der Waals surface area (Å²) in [5.41, 5.74) is 8.31. The van der Waals surface area contributed by atoms with Crippen LogP contribution in [0, 0.1) is 0 Å². The molecule has 25 heavy (non-hydrogen) atoms. The Bertz CT molecular complexity index is 881.